The van der Waals surface area contributed by atoms with Gasteiger partial charge in [0.25, 0.3) is 0 Å². The van der Waals surface area contributed by atoms with Crippen molar-refractivity contribution in [2.75, 3.05) is 13.2 Å². The molecule has 130 valence electrons. The summed E-state index contributed by atoms with van der Waals surface area (Å²) in [7, 11) is 0. The zero-order valence-corrected chi connectivity index (χ0v) is 14.6. The van der Waals surface area contributed by atoms with Gasteiger partial charge in [-0.05, 0) is 39.3 Å². The maximum atomic E-state index is 5.47. The van der Waals surface area contributed by atoms with E-state index in [1.807, 2.05) is 0 Å². The van der Waals surface area contributed by atoms with Crippen LogP contribution in [-0.4, -0.2) is 48.6 Å². The highest BCUT2D eigenvalue weighted by Crippen LogP contribution is 2.22. The fourth-order valence-corrected chi connectivity index (χ4v) is 3.89. The van der Waals surface area contributed by atoms with Gasteiger partial charge in [0, 0.05) is 18.3 Å². The molecule has 7 nitrogen and oxygen atoms in total. The molecular formula is C17H26N6O. The van der Waals surface area contributed by atoms with Gasteiger partial charge in [0.2, 0.25) is 0 Å². The van der Waals surface area contributed by atoms with Crippen molar-refractivity contribution in [2.24, 2.45) is 0 Å². The van der Waals surface area contributed by atoms with Crippen LogP contribution in [0.3, 0.4) is 0 Å². The molecule has 0 spiro atoms. The predicted octanol–water partition coefficient (Wildman–Crippen LogP) is 1.68. The minimum absolute atomic E-state index is 0.518. The Morgan fingerprint density at radius 1 is 1.21 bits per heavy atom. The fourth-order valence-electron chi connectivity index (χ4n) is 3.89. The minimum atomic E-state index is 0.518. The Morgan fingerprint density at radius 2 is 2.12 bits per heavy atom. The zero-order chi connectivity index (χ0) is 16.5. The van der Waals surface area contributed by atoms with Crippen molar-refractivity contribution in [1.82, 2.24) is 29.4 Å². The molecule has 1 unspecified atom stereocenters. The van der Waals surface area contributed by atoms with Crippen LogP contribution in [0.1, 0.15) is 42.3 Å². The summed E-state index contributed by atoms with van der Waals surface area (Å²) in [6.45, 7) is 9.38. The highest BCUT2D eigenvalue weighted by Gasteiger charge is 2.26. The molecule has 0 bridgehead atoms. The van der Waals surface area contributed by atoms with Crippen LogP contribution >= 0.6 is 0 Å². The maximum Gasteiger partial charge on any atom is 0.159 e. The summed E-state index contributed by atoms with van der Waals surface area (Å²) < 4.78 is 9.86. The van der Waals surface area contributed by atoms with E-state index in [4.69, 9.17) is 4.74 Å². The van der Waals surface area contributed by atoms with Crippen LogP contribution in [0.5, 0.6) is 0 Å². The number of nitrogens with zero attached hydrogens (tertiary/aromatic N) is 6. The van der Waals surface area contributed by atoms with Crippen molar-refractivity contribution in [3.05, 3.63) is 29.1 Å². The molecule has 1 fully saturated rings. The van der Waals surface area contributed by atoms with E-state index in [-0.39, 0.29) is 0 Å². The van der Waals surface area contributed by atoms with E-state index in [2.05, 4.69) is 49.4 Å². The van der Waals surface area contributed by atoms with E-state index in [1.54, 1.807) is 0 Å². The van der Waals surface area contributed by atoms with Crippen molar-refractivity contribution < 1.29 is 4.74 Å². The van der Waals surface area contributed by atoms with Crippen LogP contribution in [0.15, 0.2) is 6.07 Å². The van der Waals surface area contributed by atoms with Crippen LogP contribution in [0, 0.1) is 13.8 Å². The van der Waals surface area contributed by atoms with Crippen LogP contribution < -0.4 is 0 Å². The third-order valence-corrected chi connectivity index (χ3v) is 5.18. The third kappa shape index (κ3) is 3.10. The molecule has 0 radical (unpaired) electrons. The third-order valence-electron chi connectivity index (χ3n) is 5.18. The molecule has 4 rings (SSSR count). The Bertz CT molecular complexity index is 706. The number of hydrogen-bond donors (Lipinski definition) is 0. The highest BCUT2D eigenvalue weighted by molar-refractivity contribution is 5.07. The first-order valence-electron chi connectivity index (χ1n) is 8.94. The summed E-state index contributed by atoms with van der Waals surface area (Å²) in [6.07, 6.45) is 3.78. The number of likely N-dealkylation sites (tertiary alicyclic amines) is 1. The van der Waals surface area contributed by atoms with Gasteiger partial charge in [-0.25, -0.2) is 0 Å². The van der Waals surface area contributed by atoms with E-state index in [1.165, 1.54) is 25.0 Å². The monoisotopic (exact) mass is 330 g/mol. The second-order valence-corrected chi connectivity index (χ2v) is 6.97. The molecule has 2 aromatic rings. The summed E-state index contributed by atoms with van der Waals surface area (Å²) in [6, 6.07) is 2.67. The Balaban J connectivity index is 1.50. The van der Waals surface area contributed by atoms with Crippen molar-refractivity contribution >= 4 is 0 Å². The highest BCUT2D eigenvalue weighted by atomic mass is 16.5. The number of rotatable bonds is 4. The summed E-state index contributed by atoms with van der Waals surface area (Å²) in [5, 5.41) is 13.4. The Morgan fingerprint density at radius 3 is 2.96 bits per heavy atom. The molecule has 4 heterocycles. The summed E-state index contributed by atoms with van der Waals surface area (Å²) >= 11 is 0. The van der Waals surface area contributed by atoms with E-state index >= 15 is 0 Å². The number of ether oxygens (including phenoxy) is 1. The fraction of sp³-hybridized carbons (Fsp3) is 0.706. The standard InChI is InChI=1S/C17H26N6O/c1-13-9-14(2)23(20-13)10-15-5-3-4-6-21(15)11-16-18-19-17-12-24-8-7-22(16)17/h9,15H,3-8,10-12H2,1-2H3. The molecule has 1 saturated heterocycles. The van der Waals surface area contributed by atoms with E-state index < -0.39 is 0 Å². The molecule has 2 aliphatic heterocycles. The van der Waals surface area contributed by atoms with Gasteiger partial charge in [-0.1, -0.05) is 6.42 Å². The number of fused-ring (bicyclic) bond motifs is 1. The van der Waals surface area contributed by atoms with Gasteiger partial charge >= 0.3 is 0 Å². The maximum absolute atomic E-state index is 5.47. The summed E-state index contributed by atoms with van der Waals surface area (Å²) in [5.41, 5.74) is 2.34. The molecule has 0 saturated carbocycles. The Kier molecular flexibility index (Phi) is 4.37. The molecule has 0 amide bonds. The lowest BCUT2D eigenvalue weighted by atomic mass is 10.0. The van der Waals surface area contributed by atoms with E-state index in [0.29, 0.717) is 12.6 Å². The topological polar surface area (TPSA) is 61.0 Å². The van der Waals surface area contributed by atoms with Crippen molar-refractivity contribution in [3.8, 4) is 0 Å². The predicted molar refractivity (Wildman–Crippen MR) is 89.4 cm³/mol. The molecule has 24 heavy (non-hydrogen) atoms. The van der Waals surface area contributed by atoms with Gasteiger partial charge in [0.1, 0.15) is 12.4 Å². The molecule has 1 atom stereocenters. The van der Waals surface area contributed by atoms with Crippen LogP contribution in [-0.2, 0) is 31.0 Å². The number of aromatic nitrogens is 5. The van der Waals surface area contributed by atoms with Crippen LogP contribution in [0.4, 0.5) is 0 Å². The number of piperidine rings is 1. The number of hydrogen-bond acceptors (Lipinski definition) is 5. The lowest BCUT2D eigenvalue weighted by Crippen LogP contribution is -2.42. The molecule has 2 aromatic heterocycles. The van der Waals surface area contributed by atoms with Gasteiger partial charge < -0.3 is 9.30 Å². The molecule has 7 heteroatoms. The lowest BCUT2D eigenvalue weighted by molar-refractivity contribution is 0.0766. The van der Waals surface area contributed by atoms with Crippen LogP contribution in [0.2, 0.25) is 0 Å². The Hall–Kier alpha value is -1.73. The van der Waals surface area contributed by atoms with Crippen molar-refractivity contribution in [2.45, 2.75) is 65.4 Å². The van der Waals surface area contributed by atoms with Gasteiger partial charge in [-0.2, -0.15) is 5.10 Å². The Labute approximate surface area is 142 Å². The summed E-state index contributed by atoms with van der Waals surface area (Å²) in [5.74, 6) is 2.04. The first kappa shape index (κ1) is 15.8. The normalized spacial score (nSPS) is 21.8. The van der Waals surface area contributed by atoms with Gasteiger partial charge in [-0.3, -0.25) is 9.58 Å². The lowest BCUT2D eigenvalue weighted by Gasteiger charge is -2.35. The molecule has 2 aliphatic rings. The molecule has 0 aromatic carbocycles. The first-order valence-corrected chi connectivity index (χ1v) is 8.94. The smallest absolute Gasteiger partial charge is 0.159 e. The van der Waals surface area contributed by atoms with Crippen molar-refractivity contribution in [3.63, 3.8) is 0 Å². The molecule has 0 N–H and O–H groups in total. The molecule has 0 aliphatic carbocycles. The van der Waals surface area contributed by atoms with Crippen LogP contribution in [0.25, 0.3) is 0 Å². The second kappa shape index (κ2) is 6.64. The quantitative estimate of drug-likeness (QED) is 0.853. The summed E-state index contributed by atoms with van der Waals surface area (Å²) in [4.78, 5) is 2.56. The van der Waals surface area contributed by atoms with Gasteiger partial charge in [0.15, 0.2) is 5.82 Å². The van der Waals surface area contributed by atoms with E-state index in [9.17, 15) is 0 Å². The average molecular weight is 330 g/mol. The second-order valence-electron chi connectivity index (χ2n) is 6.97. The first-order chi connectivity index (χ1) is 11.7. The SMILES string of the molecule is Cc1cc(C)n(CC2CCCCN2Cc2nnc3n2CCOC3)n1. The number of aryl methyl sites for hydroxylation is 2. The van der Waals surface area contributed by atoms with Gasteiger partial charge in [0.05, 0.1) is 25.4 Å². The molecular weight excluding hydrogens is 304 g/mol. The van der Waals surface area contributed by atoms with Crippen molar-refractivity contribution in [1.29, 1.82) is 0 Å². The average Bonchev–Trinajstić information content (AvgIpc) is 3.13. The largest absolute Gasteiger partial charge is 0.372 e. The van der Waals surface area contributed by atoms with E-state index in [0.717, 1.165) is 50.1 Å². The van der Waals surface area contributed by atoms with Gasteiger partial charge in [-0.15, -0.1) is 10.2 Å². The zero-order valence-electron chi connectivity index (χ0n) is 14.6. The minimum Gasteiger partial charge on any atom is -0.372 e.